The molecule has 2 N–H and O–H groups in total. The number of aliphatic hydroxyl groups is 1. The molecule has 1 unspecified atom stereocenters. The van der Waals surface area contributed by atoms with Crippen molar-refractivity contribution in [1.82, 2.24) is 9.88 Å². The Labute approximate surface area is 196 Å². The molecule has 1 atom stereocenters. The van der Waals surface area contributed by atoms with Crippen LogP contribution in [-0.2, 0) is 6.54 Å². The fraction of sp³-hybridized carbons (Fsp3) is 0.462. The third-order valence-electron chi connectivity index (χ3n) is 5.84. The van der Waals surface area contributed by atoms with Crippen molar-refractivity contribution in [1.29, 1.82) is 0 Å². The van der Waals surface area contributed by atoms with Crippen molar-refractivity contribution in [3.8, 4) is 5.75 Å². The first-order valence-electron chi connectivity index (χ1n) is 11.8. The molecule has 1 aliphatic heterocycles. The summed E-state index contributed by atoms with van der Waals surface area (Å²) in [5.74, 6) is 1.57. The third kappa shape index (κ3) is 6.33. The molecule has 0 saturated carbocycles. The van der Waals surface area contributed by atoms with E-state index in [1.807, 2.05) is 6.92 Å². The molecule has 0 spiro atoms. The fourth-order valence-corrected chi connectivity index (χ4v) is 4.17. The van der Waals surface area contributed by atoms with Crippen molar-refractivity contribution >= 4 is 23.5 Å². The number of carbonyl (C=O) groups is 1. The number of piperidine rings is 1. The summed E-state index contributed by atoms with van der Waals surface area (Å²) in [4.78, 5) is 19.6. The van der Waals surface area contributed by atoms with Crippen molar-refractivity contribution in [2.24, 2.45) is 4.99 Å². The van der Waals surface area contributed by atoms with Crippen LogP contribution in [0.3, 0.4) is 0 Å². The van der Waals surface area contributed by atoms with Crippen LogP contribution in [-0.4, -0.2) is 48.4 Å². The number of allylic oxidation sites excluding steroid dienone is 2. The monoisotopic (exact) mass is 452 g/mol. The maximum atomic E-state index is 12.7. The highest BCUT2D eigenvalue weighted by atomic mass is 16.5. The first kappa shape index (κ1) is 24.7. The van der Waals surface area contributed by atoms with E-state index in [2.05, 4.69) is 44.9 Å². The molecule has 1 aromatic carbocycles. The van der Waals surface area contributed by atoms with Gasteiger partial charge in [0.05, 0.1) is 25.0 Å². The molecular formula is C26H36N4O3. The lowest BCUT2D eigenvalue weighted by Crippen LogP contribution is -2.33. The summed E-state index contributed by atoms with van der Waals surface area (Å²) in [6, 6.07) is 9.09. The number of benzene rings is 1. The van der Waals surface area contributed by atoms with Crippen LogP contribution in [0, 0.1) is 0 Å². The lowest BCUT2D eigenvalue weighted by molar-refractivity contribution is 0.0915. The van der Waals surface area contributed by atoms with Crippen molar-refractivity contribution < 1.29 is 14.6 Å². The van der Waals surface area contributed by atoms with Gasteiger partial charge in [0.15, 0.2) is 5.78 Å². The molecule has 1 aliphatic rings. The first-order valence-corrected chi connectivity index (χ1v) is 11.8. The van der Waals surface area contributed by atoms with E-state index in [4.69, 9.17) is 4.74 Å². The van der Waals surface area contributed by atoms with Crippen LogP contribution in [0.25, 0.3) is 0 Å². The van der Waals surface area contributed by atoms with Gasteiger partial charge in [-0.2, -0.15) is 0 Å². The zero-order valence-electron chi connectivity index (χ0n) is 20.0. The Bertz CT molecular complexity index is 974. The Morgan fingerprint density at radius 1 is 1.24 bits per heavy atom. The van der Waals surface area contributed by atoms with Gasteiger partial charge < -0.3 is 19.3 Å². The molecule has 3 rings (SSSR count). The Kier molecular flexibility index (Phi) is 9.27. The lowest BCUT2D eigenvalue weighted by Gasteiger charge is -2.30. The second kappa shape index (κ2) is 12.4. The number of anilines is 1. The predicted molar refractivity (Wildman–Crippen MR) is 134 cm³/mol. The maximum Gasteiger partial charge on any atom is 0.176 e. The number of methoxy groups -OCH3 is 1. The first-order chi connectivity index (χ1) is 16.1. The number of nitrogens with zero attached hydrogens (tertiary/aromatic N) is 3. The minimum Gasteiger partial charge on any atom is -0.497 e. The average Bonchev–Trinajstić information content (AvgIpc) is 3.21. The number of rotatable bonds is 11. The van der Waals surface area contributed by atoms with Gasteiger partial charge in [0, 0.05) is 37.5 Å². The number of hydrogen-bond donors (Lipinski definition) is 2. The molecular weight excluding hydrogens is 416 g/mol. The molecule has 0 radical (unpaired) electrons. The summed E-state index contributed by atoms with van der Waals surface area (Å²) >= 11 is 0. The highest BCUT2D eigenvalue weighted by molar-refractivity contribution is 5.98. The summed E-state index contributed by atoms with van der Waals surface area (Å²) in [5, 5.41) is 14.2. The molecule has 0 amide bonds. The smallest absolute Gasteiger partial charge is 0.176 e. The van der Waals surface area contributed by atoms with E-state index < -0.39 is 6.23 Å². The van der Waals surface area contributed by atoms with Gasteiger partial charge in [0.2, 0.25) is 0 Å². The number of nitrogens with one attached hydrogen (secondary N) is 1. The van der Waals surface area contributed by atoms with Crippen molar-refractivity contribution in [3.05, 3.63) is 53.7 Å². The van der Waals surface area contributed by atoms with E-state index in [0.29, 0.717) is 23.6 Å². The zero-order chi connectivity index (χ0) is 23.6. The van der Waals surface area contributed by atoms with E-state index in [0.717, 1.165) is 43.9 Å². The molecule has 1 fully saturated rings. The van der Waals surface area contributed by atoms with Crippen LogP contribution < -0.4 is 15.0 Å². The Hall–Kier alpha value is -2.90. The average molecular weight is 453 g/mol. The number of Topliss-reactive ketones (excluding diaryl/α,β-unsaturated/α-hetero) is 1. The Morgan fingerprint density at radius 2 is 2.03 bits per heavy atom. The largest absolute Gasteiger partial charge is 0.497 e. The van der Waals surface area contributed by atoms with Gasteiger partial charge in [0.1, 0.15) is 17.8 Å². The van der Waals surface area contributed by atoms with Crippen molar-refractivity contribution in [2.75, 3.05) is 31.6 Å². The van der Waals surface area contributed by atoms with Crippen LogP contribution in [0.1, 0.15) is 61.8 Å². The minimum absolute atomic E-state index is 0.00135. The molecule has 0 bridgehead atoms. The maximum absolute atomic E-state index is 12.7. The second-order valence-corrected chi connectivity index (χ2v) is 8.14. The van der Waals surface area contributed by atoms with Crippen LogP contribution in [0.4, 0.5) is 11.5 Å². The van der Waals surface area contributed by atoms with E-state index in [-0.39, 0.29) is 12.3 Å². The van der Waals surface area contributed by atoms with Gasteiger partial charge >= 0.3 is 0 Å². The highest BCUT2D eigenvalue weighted by Gasteiger charge is 2.25. The molecule has 33 heavy (non-hydrogen) atoms. The highest BCUT2D eigenvalue weighted by Crippen LogP contribution is 2.35. The second-order valence-electron chi connectivity index (χ2n) is 8.14. The Morgan fingerprint density at radius 3 is 2.73 bits per heavy atom. The van der Waals surface area contributed by atoms with Gasteiger partial charge in [-0.1, -0.05) is 31.2 Å². The van der Waals surface area contributed by atoms with E-state index in [1.165, 1.54) is 6.42 Å². The molecule has 7 nitrogen and oxygen atoms in total. The lowest BCUT2D eigenvalue weighted by atomic mass is 10.1. The number of ketones is 1. The summed E-state index contributed by atoms with van der Waals surface area (Å²) in [5.41, 5.74) is 1.93. The number of ether oxygens (including phenoxy) is 1. The summed E-state index contributed by atoms with van der Waals surface area (Å²) in [6.07, 6.45) is 9.46. The Balaban J connectivity index is 1.87. The van der Waals surface area contributed by atoms with Crippen molar-refractivity contribution in [2.45, 2.75) is 52.3 Å². The quantitative estimate of drug-likeness (QED) is 0.225. The minimum atomic E-state index is -1.04. The molecule has 7 heteroatoms. The zero-order valence-corrected chi connectivity index (χ0v) is 20.0. The topological polar surface area (TPSA) is 79.1 Å². The number of aromatic nitrogens is 1. The van der Waals surface area contributed by atoms with E-state index in [9.17, 15) is 9.90 Å². The van der Waals surface area contributed by atoms with Gasteiger partial charge in [-0.25, -0.2) is 0 Å². The number of aliphatic hydroxyl groups excluding tert-OH is 1. The van der Waals surface area contributed by atoms with Crippen LogP contribution >= 0.6 is 0 Å². The SMILES string of the molecule is CC=Nc1cc(N2CCCCC2)n(C/C=C/CC)c1C(O)NCC(=O)c1cccc(OC)c1. The fourth-order valence-electron chi connectivity index (χ4n) is 4.17. The van der Waals surface area contributed by atoms with Gasteiger partial charge in [0.25, 0.3) is 0 Å². The molecule has 2 aromatic rings. The van der Waals surface area contributed by atoms with E-state index in [1.54, 1.807) is 37.6 Å². The van der Waals surface area contributed by atoms with Crippen LogP contribution in [0.2, 0.25) is 0 Å². The standard InChI is InChI=1S/C26H36N4O3/c1-4-6-8-16-30-24(29-14-9-7-10-15-29)18-22(27-5-2)25(30)26(32)28-19-23(31)20-12-11-13-21(17-20)33-3/h5-6,8,11-13,17-18,26,28,32H,4,7,9-10,14-16,19H2,1-3H3/b8-6+,27-5?. The van der Waals surface area contributed by atoms with Crippen LogP contribution in [0.5, 0.6) is 5.75 Å². The summed E-state index contributed by atoms with van der Waals surface area (Å²) in [7, 11) is 1.57. The number of aliphatic imine (C=N–C) groups is 1. The van der Waals surface area contributed by atoms with E-state index >= 15 is 0 Å². The van der Waals surface area contributed by atoms with Gasteiger partial charge in [-0.3, -0.25) is 15.1 Å². The summed E-state index contributed by atoms with van der Waals surface area (Å²) < 4.78 is 7.33. The van der Waals surface area contributed by atoms with Gasteiger partial charge in [-0.15, -0.1) is 0 Å². The summed E-state index contributed by atoms with van der Waals surface area (Å²) in [6.45, 7) is 6.59. The predicted octanol–water partition coefficient (Wildman–Crippen LogP) is 4.64. The normalized spacial score (nSPS) is 15.5. The molecule has 1 aromatic heterocycles. The number of carbonyl (C=O) groups excluding carboxylic acids is 1. The van der Waals surface area contributed by atoms with Crippen molar-refractivity contribution in [3.63, 3.8) is 0 Å². The molecule has 1 saturated heterocycles. The van der Waals surface area contributed by atoms with Gasteiger partial charge in [-0.05, 0) is 44.7 Å². The molecule has 2 heterocycles. The molecule has 178 valence electrons. The third-order valence-corrected chi connectivity index (χ3v) is 5.84. The number of hydrogen-bond acceptors (Lipinski definition) is 6. The molecule has 0 aliphatic carbocycles. The van der Waals surface area contributed by atoms with Crippen LogP contribution in [0.15, 0.2) is 47.5 Å².